The van der Waals surface area contributed by atoms with Gasteiger partial charge in [-0.25, -0.2) is 12.8 Å². The monoisotopic (exact) mass is 350 g/mol. The lowest BCUT2D eigenvalue weighted by atomic mass is 10.2. The zero-order chi connectivity index (χ0) is 16.9. The molecular formula is C14H20ClFN2O3S. The highest BCUT2D eigenvalue weighted by Crippen LogP contribution is 2.24. The van der Waals surface area contributed by atoms with Crippen LogP contribution in [0.25, 0.3) is 0 Å². The van der Waals surface area contributed by atoms with Crippen LogP contribution >= 0.6 is 11.6 Å². The maximum Gasteiger partial charge on any atom is 0.240 e. The van der Waals surface area contributed by atoms with Gasteiger partial charge in [0.2, 0.25) is 15.9 Å². The molecule has 124 valence electrons. The molecular weight excluding hydrogens is 331 g/mol. The van der Waals surface area contributed by atoms with Crippen LogP contribution in [-0.2, 0) is 14.8 Å². The van der Waals surface area contributed by atoms with E-state index in [1.54, 1.807) is 0 Å². The summed E-state index contributed by atoms with van der Waals surface area (Å²) in [6, 6.07) is 3.47. The van der Waals surface area contributed by atoms with Gasteiger partial charge in [-0.2, -0.15) is 0 Å². The first-order chi connectivity index (χ1) is 10.1. The van der Waals surface area contributed by atoms with Crippen molar-refractivity contribution in [3.05, 3.63) is 29.0 Å². The molecule has 0 bridgehead atoms. The second-order valence-electron chi connectivity index (χ2n) is 5.13. The number of nitrogens with one attached hydrogen (secondary N) is 1. The molecule has 0 aliphatic carbocycles. The zero-order valence-corrected chi connectivity index (χ0v) is 14.3. The normalized spacial score (nSPS) is 12.8. The van der Waals surface area contributed by atoms with E-state index in [1.807, 2.05) is 13.8 Å². The first-order valence-electron chi connectivity index (χ1n) is 6.87. The fourth-order valence-electron chi connectivity index (χ4n) is 2.00. The molecule has 1 N–H and O–H groups in total. The molecule has 0 unspecified atom stereocenters. The van der Waals surface area contributed by atoms with Crippen LogP contribution < -0.4 is 9.62 Å². The van der Waals surface area contributed by atoms with E-state index in [2.05, 4.69) is 5.32 Å². The Kier molecular flexibility index (Phi) is 6.62. The van der Waals surface area contributed by atoms with Crippen molar-refractivity contribution in [3.8, 4) is 0 Å². The quantitative estimate of drug-likeness (QED) is 0.821. The molecule has 0 saturated carbocycles. The highest BCUT2D eigenvalue weighted by atomic mass is 35.5. The van der Waals surface area contributed by atoms with Crippen LogP contribution in [0, 0.1) is 5.82 Å². The smallest absolute Gasteiger partial charge is 0.240 e. The molecule has 0 aromatic heterocycles. The van der Waals surface area contributed by atoms with E-state index in [4.69, 9.17) is 11.6 Å². The zero-order valence-electron chi connectivity index (χ0n) is 12.8. The van der Waals surface area contributed by atoms with Crippen LogP contribution in [0.4, 0.5) is 10.1 Å². The molecule has 1 rings (SSSR count). The van der Waals surface area contributed by atoms with Gasteiger partial charge in [0.25, 0.3) is 0 Å². The van der Waals surface area contributed by atoms with Crippen molar-refractivity contribution in [2.24, 2.45) is 0 Å². The first kappa shape index (κ1) is 18.7. The Morgan fingerprint density at radius 1 is 1.45 bits per heavy atom. The summed E-state index contributed by atoms with van der Waals surface area (Å²) < 4.78 is 37.9. The third-order valence-electron chi connectivity index (χ3n) is 3.01. The average Bonchev–Trinajstić information content (AvgIpc) is 2.38. The number of sulfonamides is 1. The van der Waals surface area contributed by atoms with E-state index in [1.165, 1.54) is 12.1 Å². The van der Waals surface area contributed by atoms with Crippen molar-refractivity contribution >= 4 is 33.2 Å². The molecule has 22 heavy (non-hydrogen) atoms. The van der Waals surface area contributed by atoms with Gasteiger partial charge in [0.1, 0.15) is 12.4 Å². The van der Waals surface area contributed by atoms with Crippen LogP contribution in [0.15, 0.2) is 18.2 Å². The van der Waals surface area contributed by atoms with Crippen LogP contribution in [0.2, 0.25) is 5.02 Å². The summed E-state index contributed by atoms with van der Waals surface area (Å²) in [6.07, 6.45) is 2.69. The maximum absolute atomic E-state index is 13.2. The van der Waals surface area contributed by atoms with E-state index >= 15 is 0 Å². The number of nitrogens with zero attached hydrogens (tertiary/aromatic N) is 1. The summed E-state index contributed by atoms with van der Waals surface area (Å²) in [4.78, 5) is 12.0. The average molecular weight is 351 g/mol. The van der Waals surface area contributed by atoms with Gasteiger partial charge in [-0.05, 0) is 31.5 Å². The van der Waals surface area contributed by atoms with E-state index in [-0.39, 0.29) is 23.3 Å². The summed E-state index contributed by atoms with van der Waals surface area (Å²) in [5, 5.41) is 2.52. The fraction of sp³-hybridized carbons (Fsp3) is 0.500. The number of hydrogen-bond donors (Lipinski definition) is 1. The van der Waals surface area contributed by atoms with Crippen LogP contribution in [0.1, 0.15) is 26.7 Å². The molecule has 0 aliphatic rings. The van der Waals surface area contributed by atoms with Gasteiger partial charge < -0.3 is 5.32 Å². The van der Waals surface area contributed by atoms with Crippen molar-refractivity contribution in [2.45, 2.75) is 32.7 Å². The maximum atomic E-state index is 13.2. The fourth-order valence-corrected chi connectivity index (χ4v) is 3.02. The van der Waals surface area contributed by atoms with Gasteiger partial charge in [0.15, 0.2) is 0 Å². The highest BCUT2D eigenvalue weighted by Gasteiger charge is 2.22. The summed E-state index contributed by atoms with van der Waals surface area (Å²) in [5.41, 5.74) is 0.146. The van der Waals surface area contributed by atoms with E-state index in [0.29, 0.717) is 0 Å². The molecule has 0 radical (unpaired) electrons. The van der Waals surface area contributed by atoms with Gasteiger partial charge in [0, 0.05) is 6.04 Å². The van der Waals surface area contributed by atoms with Crippen molar-refractivity contribution in [3.63, 3.8) is 0 Å². The Labute approximate surface area is 135 Å². The third-order valence-corrected chi connectivity index (χ3v) is 4.44. The molecule has 1 atom stereocenters. The van der Waals surface area contributed by atoms with E-state index in [0.717, 1.165) is 29.5 Å². The lowest BCUT2D eigenvalue weighted by molar-refractivity contribution is -0.120. The van der Waals surface area contributed by atoms with Gasteiger partial charge in [0.05, 0.1) is 17.0 Å². The Bertz CT molecular complexity index is 637. The van der Waals surface area contributed by atoms with Gasteiger partial charge in [-0.3, -0.25) is 9.10 Å². The Balaban J connectivity index is 2.95. The van der Waals surface area contributed by atoms with Crippen molar-refractivity contribution in [1.82, 2.24) is 5.32 Å². The highest BCUT2D eigenvalue weighted by molar-refractivity contribution is 7.92. The second-order valence-corrected chi connectivity index (χ2v) is 7.44. The predicted octanol–water partition coefficient (Wildman–Crippen LogP) is 2.55. The third kappa shape index (κ3) is 5.46. The number of amides is 1. The number of carbonyl (C=O) groups is 1. The minimum atomic E-state index is -3.70. The summed E-state index contributed by atoms with van der Waals surface area (Å²) >= 11 is 5.67. The minimum absolute atomic E-state index is 0.0456. The molecule has 1 aromatic rings. The van der Waals surface area contributed by atoms with Gasteiger partial charge in [-0.1, -0.05) is 24.9 Å². The summed E-state index contributed by atoms with van der Waals surface area (Å²) in [6.45, 7) is 3.46. The number of anilines is 1. The second kappa shape index (κ2) is 7.78. The molecule has 5 nitrogen and oxygen atoms in total. The Morgan fingerprint density at radius 2 is 2.09 bits per heavy atom. The number of halogens is 2. The Morgan fingerprint density at radius 3 is 2.59 bits per heavy atom. The SMILES string of the molecule is CCC[C@@H](C)NC(=O)CN(c1ccc(F)c(Cl)c1)S(C)(=O)=O. The predicted molar refractivity (Wildman–Crippen MR) is 86.1 cm³/mol. The lowest BCUT2D eigenvalue weighted by Gasteiger charge is -2.23. The number of benzene rings is 1. The van der Waals surface area contributed by atoms with E-state index < -0.39 is 21.7 Å². The van der Waals surface area contributed by atoms with Crippen molar-refractivity contribution < 1.29 is 17.6 Å². The first-order valence-corrected chi connectivity index (χ1v) is 9.10. The lowest BCUT2D eigenvalue weighted by Crippen LogP contribution is -2.43. The van der Waals surface area contributed by atoms with Crippen molar-refractivity contribution in [1.29, 1.82) is 0 Å². The Hall–Kier alpha value is -1.34. The largest absolute Gasteiger partial charge is 0.352 e. The molecule has 1 aromatic carbocycles. The summed E-state index contributed by atoms with van der Waals surface area (Å²) in [5.74, 6) is -1.08. The molecule has 0 saturated heterocycles. The topological polar surface area (TPSA) is 66.5 Å². The molecule has 1 amide bonds. The van der Waals surface area contributed by atoms with Crippen LogP contribution in [0.3, 0.4) is 0 Å². The number of hydrogen-bond acceptors (Lipinski definition) is 3. The molecule has 0 spiro atoms. The molecule has 8 heteroatoms. The number of rotatable bonds is 7. The van der Waals surface area contributed by atoms with Crippen LogP contribution in [-0.4, -0.2) is 33.2 Å². The summed E-state index contributed by atoms with van der Waals surface area (Å²) in [7, 11) is -3.70. The minimum Gasteiger partial charge on any atom is -0.352 e. The molecule has 0 fully saturated rings. The standard InChI is InChI=1S/C14H20ClFN2O3S/c1-4-5-10(2)17-14(19)9-18(22(3,20)21)11-6-7-13(16)12(15)8-11/h6-8,10H,4-5,9H2,1-3H3,(H,17,19)/t10-/m1/s1. The van der Waals surface area contributed by atoms with Gasteiger partial charge in [-0.15, -0.1) is 0 Å². The molecule has 0 aliphatic heterocycles. The molecule has 0 heterocycles. The number of carbonyl (C=O) groups excluding carboxylic acids is 1. The van der Waals surface area contributed by atoms with Crippen molar-refractivity contribution in [2.75, 3.05) is 17.1 Å². The van der Waals surface area contributed by atoms with E-state index in [9.17, 15) is 17.6 Å². The van der Waals surface area contributed by atoms with Gasteiger partial charge >= 0.3 is 0 Å². The van der Waals surface area contributed by atoms with Crippen LogP contribution in [0.5, 0.6) is 0 Å².